The van der Waals surface area contributed by atoms with E-state index in [1.807, 2.05) is 6.92 Å². The molecule has 1 aromatic heterocycles. The first kappa shape index (κ1) is 13.4. The molecule has 0 aliphatic rings. The van der Waals surface area contributed by atoms with E-state index in [1.165, 1.54) is 0 Å². The molecule has 1 atom stereocenters. The standard InChI is InChI=1S/C10H18FN5O/c1-4-6(12)14-9(17)7-8(13)16(5(2)3)10(11)15-7/h5-6H,4,12-13H2,1-3H3,(H,14,17). The number of nitrogens with one attached hydrogen (secondary N) is 1. The van der Waals surface area contributed by atoms with Crippen LogP contribution in [0.25, 0.3) is 0 Å². The minimum atomic E-state index is -0.771. The lowest BCUT2D eigenvalue weighted by atomic mass is 10.3. The lowest BCUT2D eigenvalue weighted by Crippen LogP contribution is -2.41. The van der Waals surface area contributed by atoms with Crippen LogP contribution in [0.15, 0.2) is 0 Å². The van der Waals surface area contributed by atoms with Crippen LogP contribution in [0.3, 0.4) is 0 Å². The van der Waals surface area contributed by atoms with Crippen molar-refractivity contribution in [1.82, 2.24) is 14.9 Å². The zero-order valence-electron chi connectivity index (χ0n) is 10.2. The SMILES string of the molecule is CCC(N)NC(=O)c1nc(F)n(C(C)C)c1N. The highest BCUT2D eigenvalue weighted by molar-refractivity contribution is 5.96. The van der Waals surface area contributed by atoms with Crippen LogP contribution in [0, 0.1) is 6.08 Å². The van der Waals surface area contributed by atoms with Crippen molar-refractivity contribution >= 4 is 11.7 Å². The van der Waals surface area contributed by atoms with Crippen molar-refractivity contribution in [2.75, 3.05) is 5.73 Å². The van der Waals surface area contributed by atoms with E-state index in [0.717, 1.165) is 4.57 Å². The highest BCUT2D eigenvalue weighted by Gasteiger charge is 2.22. The quantitative estimate of drug-likeness (QED) is 0.675. The fourth-order valence-corrected chi connectivity index (χ4v) is 1.41. The molecule has 1 heterocycles. The van der Waals surface area contributed by atoms with E-state index < -0.39 is 18.2 Å². The van der Waals surface area contributed by atoms with E-state index in [2.05, 4.69) is 10.3 Å². The molecule has 0 aromatic carbocycles. The van der Waals surface area contributed by atoms with E-state index in [4.69, 9.17) is 11.5 Å². The second-order valence-corrected chi connectivity index (χ2v) is 4.07. The Morgan fingerprint density at radius 2 is 2.18 bits per heavy atom. The predicted octanol–water partition coefficient (Wildman–Crippen LogP) is 0.610. The summed E-state index contributed by atoms with van der Waals surface area (Å²) in [6.07, 6.45) is -0.694. The normalized spacial score (nSPS) is 12.8. The molecule has 0 aliphatic heterocycles. The largest absolute Gasteiger partial charge is 0.383 e. The van der Waals surface area contributed by atoms with Gasteiger partial charge in [0, 0.05) is 6.04 Å². The first-order valence-corrected chi connectivity index (χ1v) is 5.48. The summed E-state index contributed by atoms with van der Waals surface area (Å²) in [5, 5.41) is 2.48. The van der Waals surface area contributed by atoms with Crippen molar-refractivity contribution in [3.63, 3.8) is 0 Å². The highest BCUT2D eigenvalue weighted by Crippen LogP contribution is 2.19. The number of carbonyl (C=O) groups is 1. The fourth-order valence-electron chi connectivity index (χ4n) is 1.41. The Kier molecular flexibility index (Phi) is 4.06. The second kappa shape index (κ2) is 5.13. The van der Waals surface area contributed by atoms with Gasteiger partial charge in [-0.15, -0.1) is 0 Å². The van der Waals surface area contributed by atoms with Gasteiger partial charge in [0.1, 0.15) is 5.82 Å². The van der Waals surface area contributed by atoms with Crippen molar-refractivity contribution < 1.29 is 9.18 Å². The third-order valence-electron chi connectivity index (χ3n) is 2.39. The van der Waals surface area contributed by atoms with Gasteiger partial charge in [-0.05, 0) is 20.3 Å². The lowest BCUT2D eigenvalue weighted by Gasteiger charge is -2.11. The summed E-state index contributed by atoms with van der Waals surface area (Å²) in [5.74, 6) is -0.548. The van der Waals surface area contributed by atoms with E-state index in [0.29, 0.717) is 6.42 Å². The maximum Gasteiger partial charge on any atom is 0.291 e. The molecule has 0 saturated carbocycles. The van der Waals surface area contributed by atoms with Gasteiger partial charge >= 0.3 is 0 Å². The number of nitrogens with zero attached hydrogens (tertiary/aromatic N) is 2. The minimum absolute atomic E-state index is 0.0123. The number of rotatable bonds is 4. The number of hydrogen-bond donors (Lipinski definition) is 3. The third kappa shape index (κ3) is 2.73. The minimum Gasteiger partial charge on any atom is -0.383 e. The molecule has 0 spiro atoms. The van der Waals surface area contributed by atoms with E-state index in [9.17, 15) is 9.18 Å². The number of nitrogen functional groups attached to an aromatic ring is 1. The van der Waals surface area contributed by atoms with Gasteiger partial charge in [0.05, 0.1) is 6.17 Å². The first-order valence-electron chi connectivity index (χ1n) is 5.48. The Morgan fingerprint density at radius 3 is 2.59 bits per heavy atom. The first-order chi connectivity index (χ1) is 7.88. The molecule has 1 unspecified atom stereocenters. The summed E-state index contributed by atoms with van der Waals surface area (Å²) in [4.78, 5) is 15.2. The molecule has 0 aliphatic carbocycles. The van der Waals surface area contributed by atoms with Crippen molar-refractivity contribution in [1.29, 1.82) is 0 Å². The van der Waals surface area contributed by atoms with Crippen molar-refractivity contribution in [2.45, 2.75) is 39.4 Å². The van der Waals surface area contributed by atoms with Crippen molar-refractivity contribution in [3.8, 4) is 0 Å². The molecule has 96 valence electrons. The zero-order valence-corrected chi connectivity index (χ0v) is 10.2. The Hall–Kier alpha value is -1.63. The molecule has 5 N–H and O–H groups in total. The van der Waals surface area contributed by atoms with Gasteiger partial charge in [-0.1, -0.05) is 6.92 Å². The summed E-state index contributed by atoms with van der Waals surface area (Å²) in [6.45, 7) is 5.32. The molecule has 0 fully saturated rings. The summed E-state index contributed by atoms with van der Waals surface area (Å²) in [5.41, 5.74) is 11.1. The molecule has 0 bridgehead atoms. The predicted molar refractivity (Wildman–Crippen MR) is 62.7 cm³/mol. The highest BCUT2D eigenvalue weighted by atomic mass is 19.1. The Labute approximate surface area is 99.2 Å². The molecule has 0 saturated heterocycles. The van der Waals surface area contributed by atoms with Crippen LogP contribution in [0.1, 0.15) is 43.7 Å². The zero-order chi connectivity index (χ0) is 13.2. The van der Waals surface area contributed by atoms with Crippen molar-refractivity contribution in [2.24, 2.45) is 5.73 Å². The van der Waals surface area contributed by atoms with Crippen LogP contribution in [0.5, 0.6) is 0 Å². The Balaban J connectivity index is 3.00. The Morgan fingerprint density at radius 1 is 1.59 bits per heavy atom. The van der Waals surface area contributed by atoms with Gasteiger partial charge in [-0.2, -0.15) is 9.37 Å². The molecule has 6 nitrogen and oxygen atoms in total. The molecule has 1 amide bonds. The van der Waals surface area contributed by atoms with Gasteiger partial charge in [0.2, 0.25) is 0 Å². The maximum absolute atomic E-state index is 13.5. The molecule has 1 aromatic rings. The smallest absolute Gasteiger partial charge is 0.291 e. The van der Waals surface area contributed by atoms with Gasteiger partial charge in [-0.25, -0.2) is 0 Å². The number of nitrogens with two attached hydrogens (primary N) is 2. The van der Waals surface area contributed by atoms with E-state index in [1.54, 1.807) is 13.8 Å². The lowest BCUT2D eigenvalue weighted by molar-refractivity contribution is 0.0933. The summed E-state index contributed by atoms with van der Waals surface area (Å²) in [6, 6.07) is -0.205. The summed E-state index contributed by atoms with van der Waals surface area (Å²) < 4.78 is 14.6. The average molecular weight is 243 g/mol. The van der Waals surface area contributed by atoms with Gasteiger partial charge < -0.3 is 16.8 Å². The summed E-state index contributed by atoms with van der Waals surface area (Å²) in [7, 11) is 0. The number of halogens is 1. The number of amides is 1. The number of hydrogen-bond acceptors (Lipinski definition) is 4. The van der Waals surface area contributed by atoms with Gasteiger partial charge in [0.25, 0.3) is 12.0 Å². The van der Waals surface area contributed by atoms with Crippen LogP contribution < -0.4 is 16.8 Å². The average Bonchev–Trinajstić information content (AvgIpc) is 2.53. The Bertz CT molecular complexity index is 415. The number of carbonyl (C=O) groups excluding carboxylic acids is 1. The molecule has 7 heteroatoms. The van der Waals surface area contributed by atoms with Crippen LogP contribution in [-0.2, 0) is 0 Å². The van der Waals surface area contributed by atoms with Crippen LogP contribution >= 0.6 is 0 Å². The third-order valence-corrected chi connectivity index (χ3v) is 2.39. The monoisotopic (exact) mass is 243 g/mol. The van der Waals surface area contributed by atoms with E-state index in [-0.39, 0.29) is 17.6 Å². The fraction of sp³-hybridized carbons (Fsp3) is 0.600. The molecule has 17 heavy (non-hydrogen) atoms. The number of anilines is 1. The van der Waals surface area contributed by atoms with Gasteiger partial charge in [-0.3, -0.25) is 9.36 Å². The number of imidazole rings is 1. The van der Waals surface area contributed by atoms with Gasteiger partial charge in [0.15, 0.2) is 5.69 Å². The molecular weight excluding hydrogens is 225 g/mol. The molecule has 0 radical (unpaired) electrons. The molecule has 1 rings (SSSR count). The summed E-state index contributed by atoms with van der Waals surface area (Å²) >= 11 is 0. The van der Waals surface area contributed by atoms with Crippen LogP contribution in [0.2, 0.25) is 0 Å². The second-order valence-electron chi connectivity index (χ2n) is 4.07. The molecular formula is C10H18FN5O. The maximum atomic E-state index is 13.5. The van der Waals surface area contributed by atoms with Crippen molar-refractivity contribution in [3.05, 3.63) is 11.8 Å². The van der Waals surface area contributed by atoms with E-state index >= 15 is 0 Å². The van der Waals surface area contributed by atoms with Crippen LogP contribution in [0.4, 0.5) is 10.2 Å². The number of aromatic nitrogens is 2. The topological polar surface area (TPSA) is 99.0 Å². The van der Waals surface area contributed by atoms with Crippen LogP contribution in [-0.4, -0.2) is 21.6 Å².